The number of rotatable bonds is 6. The summed E-state index contributed by atoms with van der Waals surface area (Å²) in [6, 6.07) is 10.5. The third kappa shape index (κ3) is 4.73. The van der Waals surface area contributed by atoms with Crippen LogP contribution < -0.4 is 14.9 Å². The SMILES string of the molecule is COc1cccc(/C=N/NC(=O)COc2ccc(Br)cc2C)c1O. The molecule has 0 aromatic heterocycles. The molecule has 0 fully saturated rings. The fourth-order valence-corrected chi connectivity index (χ4v) is 2.41. The number of ether oxygens (including phenoxy) is 2. The normalized spacial score (nSPS) is 10.6. The molecular formula is C17H17BrN2O4. The number of nitrogens with one attached hydrogen (secondary N) is 1. The van der Waals surface area contributed by atoms with E-state index >= 15 is 0 Å². The number of hydrogen-bond acceptors (Lipinski definition) is 5. The minimum atomic E-state index is -0.407. The molecule has 0 aliphatic rings. The number of benzene rings is 2. The van der Waals surface area contributed by atoms with E-state index in [-0.39, 0.29) is 12.4 Å². The predicted octanol–water partition coefficient (Wildman–Crippen LogP) is 3.00. The Hall–Kier alpha value is -2.54. The molecule has 2 aromatic carbocycles. The summed E-state index contributed by atoms with van der Waals surface area (Å²) >= 11 is 3.37. The topological polar surface area (TPSA) is 80.2 Å². The molecule has 7 heteroatoms. The molecule has 2 rings (SSSR count). The molecule has 0 atom stereocenters. The van der Waals surface area contributed by atoms with Gasteiger partial charge in [-0.05, 0) is 42.8 Å². The zero-order chi connectivity index (χ0) is 17.5. The summed E-state index contributed by atoms with van der Waals surface area (Å²) in [5.41, 5.74) is 3.69. The van der Waals surface area contributed by atoms with Crippen molar-refractivity contribution < 1.29 is 19.4 Å². The highest BCUT2D eigenvalue weighted by Gasteiger charge is 2.06. The molecule has 0 radical (unpaired) electrons. The lowest BCUT2D eigenvalue weighted by Crippen LogP contribution is -2.24. The number of nitrogens with zero attached hydrogens (tertiary/aromatic N) is 1. The fourth-order valence-electron chi connectivity index (χ4n) is 1.93. The van der Waals surface area contributed by atoms with Crippen LogP contribution in [0, 0.1) is 6.92 Å². The Morgan fingerprint density at radius 3 is 2.83 bits per heavy atom. The molecular weight excluding hydrogens is 376 g/mol. The van der Waals surface area contributed by atoms with E-state index in [1.807, 2.05) is 19.1 Å². The standard InChI is InChI=1S/C17H17BrN2O4/c1-11-8-13(18)6-7-14(11)24-10-16(21)20-19-9-12-4-3-5-15(23-2)17(12)22/h3-9,22H,10H2,1-2H3,(H,20,21)/b19-9+. The minimum Gasteiger partial charge on any atom is -0.504 e. The number of halogens is 1. The zero-order valence-electron chi connectivity index (χ0n) is 13.2. The van der Waals surface area contributed by atoms with Crippen molar-refractivity contribution in [1.29, 1.82) is 0 Å². The molecule has 6 nitrogen and oxygen atoms in total. The number of hydrogen-bond donors (Lipinski definition) is 2. The van der Waals surface area contributed by atoms with Crippen LogP contribution in [0.25, 0.3) is 0 Å². The summed E-state index contributed by atoms with van der Waals surface area (Å²) in [5, 5.41) is 13.7. The van der Waals surface area contributed by atoms with E-state index in [1.54, 1.807) is 24.3 Å². The molecule has 0 aliphatic heterocycles. The first-order valence-electron chi connectivity index (χ1n) is 7.08. The van der Waals surface area contributed by atoms with Gasteiger partial charge in [-0.15, -0.1) is 0 Å². The van der Waals surface area contributed by atoms with E-state index < -0.39 is 5.91 Å². The second-order valence-corrected chi connectivity index (χ2v) is 5.81. The average molecular weight is 393 g/mol. The molecule has 0 saturated heterocycles. The summed E-state index contributed by atoms with van der Waals surface area (Å²) < 4.78 is 11.4. The summed E-state index contributed by atoms with van der Waals surface area (Å²) in [6.45, 7) is 1.73. The number of carbonyl (C=O) groups excluding carboxylic acids is 1. The fraction of sp³-hybridized carbons (Fsp3) is 0.176. The van der Waals surface area contributed by atoms with Gasteiger partial charge in [0.1, 0.15) is 5.75 Å². The van der Waals surface area contributed by atoms with Crippen molar-refractivity contribution in [3.63, 3.8) is 0 Å². The molecule has 2 N–H and O–H groups in total. The Labute approximate surface area is 148 Å². The number of aryl methyl sites for hydroxylation is 1. The highest BCUT2D eigenvalue weighted by molar-refractivity contribution is 9.10. The summed E-state index contributed by atoms with van der Waals surface area (Å²) in [4.78, 5) is 11.7. The minimum absolute atomic E-state index is 0.0419. The number of methoxy groups -OCH3 is 1. The van der Waals surface area contributed by atoms with Gasteiger partial charge >= 0.3 is 0 Å². The Morgan fingerprint density at radius 2 is 2.12 bits per heavy atom. The van der Waals surface area contributed by atoms with E-state index in [9.17, 15) is 9.90 Å². The number of hydrazone groups is 1. The first kappa shape index (κ1) is 17.8. The highest BCUT2D eigenvalue weighted by atomic mass is 79.9. The highest BCUT2D eigenvalue weighted by Crippen LogP contribution is 2.27. The van der Waals surface area contributed by atoms with Gasteiger partial charge < -0.3 is 14.6 Å². The third-order valence-electron chi connectivity index (χ3n) is 3.14. The first-order chi connectivity index (χ1) is 11.5. The number of phenolic OH excluding ortho intramolecular Hbond substituents is 1. The van der Waals surface area contributed by atoms with Crippen LogP contribution in [0.2, 0.25) is 0 Å². The maximum absolute atomic E-state index is 11.7. The van der Waals surface area contributed by atoms with Crippen LogP contribution in [0.1, 0.15) is 11.1 Å². The number of para-hydroxylation sites is 1. The lowest BCUT2D eigenvalue weighted by molar-refractivity contribution is -0.123. The van der Waals surface area contributed by atoms with E-state index in [0.717, 1.165) is 10.0 Å². The van der Waals surface area contributed by atoms with Crippen molar-refractivity contribution in [3.8, 4) is 17.2 Å². The van der Waals surface area contributed by atoms with E-state index in [0.29, 0.717) is 17.1 Å². The van der Waals surface area contributed by atoms with Gasteiger partial charge in [0.15, 0.2) is 18.1 Å². The summed E-state index contributed by atoms with van der Waals surface area (Å²) in [7, 11) is 1.46. The van der Waals surface area contributed by atoms with Crippen molar-refractivity contribution in [2.24, 2.45) is 5.10 Å². The van der Waals surface area contributed by atoms with Crippen molar-refractivity contribution in [3.05, 3.63) is 52.0 Å². The lowest BCUT2D eigenvalue weighted by Gasteiger charge is -2.08. The van der Waals surface area contributed by atoms with Crippen LogP contribution in [-0.4, -0.2) is 30.9 Å². The smallest absolute Gasteiger partial charge is 0.277 e. The summed E-state index contributed by atoms with van der Waals surface area (Å²) in [6.07, 6.45) is 1.33. The number of carbonyl (C=O) groups is 1. The average Bonchev–Trinajstić information content (AvgIpc) is 2.55. The zero-order valence-corrected chi connectivity index (χ0v) is 14.8. The van der Waals surface area contributed by atoms with Gasteiger partial charge in [0.2, 0.25) is 0 Å². The molecule has 2 aromatic rings. The van der Waals surface area contributed by atoms with Gasteiger partial charge in [0.25, 0.3) is 5.91 Å². The van der Waals surface area contributed by atoms with Crippen LogP contribution in [0.5, 0.6) is 17.2 Å². The molecule has 24 heavy (non-hydrogen) atoms. The van der Waals surface area contributed by atoms with Gasteiger partial charge in [-0.25, -0.2) is 5.43 Å². The summed E-state index contributed by atoms with van der Waals surface area (Å²) in [5.74, 6) is 0.512. The Balaban J connectivity index is 1.89. The largest absolute Gasteiger partial charge is 0.504 e. The van der Waals surface area contributed by atoms with Crippen LogP contribution in [-0.2, 0) is 4.79 Å². The van der Waals surface area contributed by atoms with Gasteiger partial charge in [0, 0.05) is 10.0 Å². The maximum atomic E-state index is 11.7. The van der Waals surface area contributed by atoms with Crippen molar-refractivity contribution in [2.45, 2.75) is 6.92 Å². The van der Waals surface area contributed by atoms with Crippen LogP contribution in [0.3, 0.4) is 0 Å². The Kier molecular flexibility index (Phi) is 6.20. The molecule has 0 saturated carbocycles. The monoisotopic (exact) mass is 392 g/mol. The van der Waals surface area contributed by atoms with Gasteiger partial charge in [-0.3, -0.25) is 4.79 Å². The van der Waals surface area contributed by atoms with Crippen LogP contribution in [0.4, 0.5) is 0 Å². The van der Waals surface area contributed by atoms with Gasteiger partial charge in [-0.1, -0.05) is 22.0 Å². The molecule has 0 aliphatic carbocycles. The quantitative estimate of drug-likeness (QED) is 0.584. The second-order valence-electron chi connectivity index (χ2n) is 4.89. The van der Waals surface area contributed by atoms with Crippen molar-refractivity contribution in [2.75, 3.05) is 13.7 Å². The van der Waals surface area contributed by atoms with E-state index in [1.165, 1.54) is 13.3 Å². The third-order valence-corrected chi connectivity index (χ3v) is 3.63. The number of amides is 1. The van der Waals surface area contributed by atoms with E-state index in [4.69, 9.17) is 9.47 Å². The number of aromatic hydroxyl groups is 1. The van der Waals surface area contributed by atoms with Crippen molar-refractivity contribution >= 4 is 28.1 Å². The molecule has 1 amide bonds. The molecule has 0 heterocycles. The van der Waals surface area contributed by atoms with Gasteiger partial charge in [-0.2, -0.15) is 5.10 Å². The molecule has 0 spiro atoms. The molecule has 0 bridgehead atoms. The first-order valence-corrected chi connectivity index (χ1v) is 7.87. The lowest BCUT2D eigenvalue weighted by atomic mass is 10.2. The van der Waals surface area contributed by atoms with Crippen molar-refractivity contribution in [1.82, 2.24) is 5.43 Å². The molecule has 0 unspecified atom stereocenters. The van der Waals surface area contributed by atoms with Crippen LogP contribution in [0.15, 0.2) is 46.0 Å². The molecule has 126 valence electrons. The Morgan fingerprint density at radius 1 is 1.33 bits per heavy atom. The predicted molar refractivity (Wildman–Crippen MR) is 94.8 cm³/mol. The van der Waals surface area contributed by atoms with E-state index in [2.05, 4.69) is 26.5 Å². The van der Waals surface area contributed by atoms with Crippen LogP contribution >= 0.6 is 15.9 Å². The van der Waals surface area contributed by atoms with Gasteiger partial charge in [0.05, 0.1) is 13.3 Å². The maximum Gasteiger partial charge on any atom is 0.277 e. The Bertz CT molecular complexity index is 762. The second kappa shape index (κ2) is 8.35. The number of phenols is 1.